The molecule has 1 atom stereocenters. The minimum atomic E-state index is -0.0686. The average molecular weight is 274 g/mol. The molecule has 0 bridgehead atoms. The van der Waals surface area contributed by atoms with Gasteiger partial charge in [-0.2, -0.15) is 5.10 Å². The van der Waals surface area contributed by atoms with Gasteiger partial charge in [0, 0.05) is 5.71 Å². The topological polar surface area (TPSA) is 50.7 Å². The predicted octanol–water partition coefficient (Wildman–Crippen LogP) is 2.92. The third-order valence-electron chi connectivity index (χ3n) is 3.61. The summed E-state index contributed by atoms with van der Waals surface area (Å²) in [6.07, 6.45) is 4.79. The van der Waals surface area contributed by atoms with E-state index >= 15 is 0 Å². The van der Waals surface area contributed by atoms with Gasteiger partial charge in [-0.3, -0.25) is 4.79 Å². The SMILES string of the molecule is COc1ccc(CC(=O)N/N=C2/CCCC(C)C2)cc1. The third-order valence-corrected chi connectivity index (χ3v) is 3.61. The van der Waals surface area contributed by atoms with Crippen LogP contribution in [0.15, 0.2) is 29.4 Å². The minimum absolute atomic E-state index is 0.0686. The Morgan fingerprint density at radius 2 is 2.15 bits per heavy atom. The molecule has 1 saturated carbocycles. The van der Waals surface area contributed by atoms with E-state index < -0.39 is 0 Å². The summed E-state index contributed by atoms with van der Waals surface area (Å²) < 4.78 is 5.09. The lowest BCUT2D eigenvalue weighted by Crippen LogP contribution is -2.23. The summed E-state index contributed by atoms with van der Waals surface area (Å²) in [6.45, 7) is 2.23. The first-order valence-electron chi connectivity index (χ1n) is 7.14. The fourth-order valence-electron chi connectivity index (χ4n) is 2.47. The number of hydrogen-bond acceptors (Lipinski definition) is 3. The second-order valence-electron chi connectivity index (χ2n) is 5.44. The van der Waals surface area contributed by atoms with Gasteiger partial charge < -0.3 is 4.74 Å². The first kappa shape index (κ1) is 14.6. The molecule has 1 N–H and O–H groups in total. The summed E-state index contributed by atoms with van der Waals surface area (Å²) >= 11 is 0. The van der Waals surface area contributed by atoms with E-state index in [2.05, 4.69) is 17.5 Å². The van der Waals surface area contributed by atoms with Gasteiger partial charge in [0.2, 0.25) is 5.91 Å². The van der Waals surface area contributed by atoms with E-state index in [0.717, 1.165) is 29.9 Å². The van der Waals surface area contributed by atoms with Gasteiger partial charge in [0.1, 0.15) is 5.75 Å². The Morgan fingerprint density at radius 1 is 1.40 bits per heavy atom. The number of rotatable bonds is 4. The summed E-state index contributed by atoms with van der Waals surface area (Å²) in [7, 11) is 1.63. The zero-order valence-electron chi connectivity index (χ0n) is 12.2. The van der Waals surface area contributed by atoms with Crippen LogP contribution in [0, 0.1) is 5.92 Å². The predicted molar refractivity (Wildman–Crippen MR) is 79.9 cm³/mol. The van der Waals surface area contributed by atoms with Gasteiger partial charge >= 0.3 is 0 Å². The molecular weight excluding hydrogens is 252 g/mol. The molecule has 1 aliphatic rings. The summed E-state index contributed by atoms with van der Waals surface area (Å²) in [4.78, 5) is 11.8. The van der Waals surface area contributed by atoms with E-state index in [1.54, 1.807) is 7.11 Å². The molecule has 0 heterocycles. The molecule has 4 heteroatoms. The van der Waals surface area contributed by atoms with Gasteiger partial charge in [-0.15, -0.1) is 0 Å². The molecule has 1 aromatic carbocycles. The first-order chi connectivity index (χ1) is 9.67. The second kappa shape index (κ2) is 7.08. The van der Waals surface area contributed by atoms with Crippen molar-refractivity contribution in [2.24, 2.45) is 11.0 Å². The lowest BCUT2D eigenvalue weighted by Gasteiger charge is -2.18. The maximum atomic E-state index is 11.8. The molecule has 4 nitrogen and oxygen atoms in total. The molecule has 108 valence electrons. The lowest BCUT2D eigenvalue weighted by molar-refractivity contribution is -0.120. The van der Waals surface area contributed by atoms with Crippen LogP contribution in [0.4, 0.5) is 0 Å². The van der Waals surface area contributed by atoms with Crippen LogP contribution in [-0.2, 0) is 11.2 Å². The Kier molecular flexibility index (Phi) is 5.16. The van der Waals surface area contributed by atoms with Crippen molar-refractivity contribution in [2.45, 2.75) is 39.0 Å². The van der Waals surface area contributed by atoms with Crippen molar-refractivity contribution in [2.75, 3.05) is 7.11 Å². The van der Waals surface area contributed by atoms with Crippen molar-refractivity contribution in [3.63, 3.8) is 0 Å². The summed E-state index contributed by atoms with van der Waals surface area (Å²) in [5.74, 6) is 1.41. The van der Waals surface area contributed by atoms with Crippen LogP contribution >= 0.6 is 0 Å². The van der Waals surface area contributed by atoms with Crippen molar-refractivity contribution >= 4 is 11.6 Å². The van der Waals surface area contributed by atoms with Crippen molar-refractivity contribution in [1.29, 1.82) is 0 Å². The molecule has 0 aromatic heterocycles. The normalized spacial score (nSPS) is 20.7. The van der Waals surface area contributed by atoms with Gasteiger partial charge in [0.15, 0.2) is 0 Å². The quantitative estimate of drug-likeness (QED) is 0.858. The largest absolute Gasteiger partial charge is 0.497 e. The summed E-state index contributed by atoms with van der Waals surface area (Å²) in [5.41, 5.74) is 4.74. The highest BCUT2D eigenvalue weighted by Gasteiger charge is 2.14. The van der Waals surface area contributed by atoms with Crippen molar-refractivity contribution in [1.82, 2.24) is 5.43 Å². The molecule has 0 aliphatic heterocycles. The van der Waals surface area contributed by atoms with Crippen molar-refractivity contribution < 1.29 is 9.53 Å². The van der Waals surface area contributed by atoms with E-state index in [-0.39, 0.29) is 5.91 Å². The zero-order chi connectivity index (χ0) is 14.4. The smallest absolute Gasteiger partial charge is 0.244 e. The number of hydrazone groups is 1. The zero-order valence-corrected chi connectivity index (χ0v) is 12.2. The van der Waals surface area contributed by atoms with E-state index in [1.165, 1.54) is 12.8 Å². The van der Waals surface area contributed by atoms with Crippen LogP contribution < -0.4 is 10.2 Å². The van der Waals surface area contributed by atoms with Crippen molar-refractivity contribution in [3.8, 4) is 5.75 Å². The van der Waals surface area contributed by atoms with Crippen LogP contribution in [0.25, 0.3) is 0 Å². The Hall–Kier alpha value is -1.84. The van der Waals surface area contributed by atoms with Crippen LogP contribution in [0.3, 0.4) is 0 Å². The molecule has 20 heavy (non-hydrogen) atoms. The van der Waals surface area contributed by atoms with E-state index in [0.29, 0.717) is 12.3 Å². The van der Waals surface area contributed by atoms with Gasteiger partial charge in [-0.1, -0.05) is 19.1 Å². The maximum Gasteiger partial charge on any atom is 0.244 e. The molecule has 0 spiro atoms. The van der Waals surface area contributed by atoms with Gasteiger partial charge in [-0.25, -0.2) is 5.43 Å². The van der Waals surface area contributed by atoms with Crippen LogP contribution in [0.5, 0.6) is 5.75 Å². The Balaban J connectivity index is 1.84. The van der Waals surface area contributed by atoms with E-state index in [9.17, 15) is 4.79 Å². The van der Waals surface area contributed by atoms with Gasteiger partial charge in [0.05, 0.1) is 13.5 Å². The van der Waals surface area contributed by atoms with E-state index in [1.807, 2.05) is 24.3 Å². The Bertz CT molecular complexity index is 480. The van der Waals surface area contributed by atoms with Crippen LogP contribution in [-0.4, -0.2) is 18.7 Å². The molecule has 0 saturated heterocycles. The standard InChI is InChI=1S/C16H22N2O2/c1-12-4-3-5-14(10-12)17-18-16(19)11-13-6-8-15(20-2)9-7-13/h6-9,12H,3-5,10-11H2,1-2H3,(H,18,19)/b17-14-. The number of nitrogens with zero attached hydrogens (tertiary/aromatic N) is 1. The lowest BCUT2D eigenvalue weighted by atomic mass is 9.89. The fourth-order valence-corrected chi connectivity index (χ4v) is 2.47. The molecule has 1 unspecified atom stereocenters. The highest BCUT2D eigenvalue weighted by molar-refractivity contribution is 5.87. The molecular formula is C16H22N2O2. The maximum absolute atomic E-state index is 11.8. The highest BCUT2D eigenvalue weighted by atomic mass is 16.5. The van der Waals surface area contributed by atoms with Crippen molar-refractivity contribution in [3.05, 3.63) is 29.8 Å². The number of carbonyl (C=O) groups excluding carboxylic acids is 1. The number of hydrogen-bond donors (Lipinski definition) is 1. The number of benzene rings is 1. The van der Waals surface area contributed by atoms with Gasteiger partial charge in [0.25, 0.3) is 0 Å². The second-order valence-corrected chi connectivity index (χ2v) is 5.44. The number of carbonyl (C=O) groups is 1. The highest BCUT2D eigenvalue weighted by Crippen LogP contribution is 2.20. The summed E-state index contributed by atoms with van der Waals surface area (Å²) in [6, 6.07) is 7.51. The average Bonchev–Trinajstić information content (AvgIpc) is 2.46. The minimum Gasteiger partial charge on any atom is -0.497 e. The Labute approximate surface area is 120 Å². The third kappa shape index (κ3) is 4.37. The molecule has 1 aromatic rings. The molecule has 2 rings (SSSR count). The monoisotopic (exact) mass is 274 g/mol. The molecule has 0 radical (unpaired) electrons. The van der Waals surface area contributed by atoms with Crippen LogP contribution in [0.2, 0.25) is 0 Å². The molecule has 1 amide bonds. The van der Waals surface area contributed by atoms with Gasteiger partial charge in [-0.05, 0) is 49.3 Å². The molecule has 1 aliphatic carbocycles. The first-order valence-corrected chi connectivity index (χ1v) is 7.14. The number of nitrogens with one attached hydrogen (secondary N) is 1. The van der Waals surface area contributed by atoms with E-state index in [4.69, 9.17) is 4.74 Å². The molecule has 1 fully saturated rings. The van der Waals surface area contributed by atoms with Crippen LogP contribution in [0.1, 0.15) is 38.2 Å². The number of amides is 1. The fraction of sp³-hybridized carbons (Fsp3) is 0.500. The number of ether oxygens (including phenoxy) is 1. The summed E-state index contributed by atoms with van der Waals surface area (Å²) in [5, 5.41) is 4.26. The Morgan fingerprint density at radius 3 is 2.80 bits per heavy atom. The number of methoxy groups -OCH3 is 1.